The van der Waals surface area contributed by atoms with Gasteiger partial charge >= 0.3 is 0 Å². The number of nitrogens with one attached hydrogen (secondary N) is 1. The second kappa shape index (κ2) is 5.36. The van der Waals surface area contributed by atoms with Crippen molar-refractivity contribution in [3.8, 4) is 12.3 Å². The highest BCUT2D eigenvalue weighted by molar-refractivity contribution is 5.97. The highest BCUT2D eigenvalue weighted by Crippen LogP contribution is 2.25. The lowest BCUT2D eigenvalue weighted by Gasteiger charge is -2.19. The number of anilines is 1. The zero-order valence-corrected chi connectivity index (χ0v) is 9.70. The van der Waals surface area contributed by atoms with Gasteiger partial charge in [-0.3, -0.25) is 4.79 Å². The van der Waals surface area contributed by atoms with Crippen molar-refractivity contribution in [1.29, 1.82) is 0 Å². The maximum atomic E-state index is 11.8. The third-order valence-corrected chi connectivity index (χ3v) is 2.88. The second-order valence-corrected chi connectivity index (χ2v) is 4.11. The molecule has 0 spiro atoms. The van der Waals surface area contributed by atoms with Gasteiger partial charge in [-0.25, -0.2) is 0 Å². The van der Waals surface area contributed by atoms with Crippen molar-refractivity contribution in [3.63, 3.8) is 0 Å². The van der Waals surface area contributed by atoms with Gasteiger partial charge in [-0.2, -0.15) is 0 Å². The molecule has 0 saturated carbocycles. The Morgan fingerprint density at radius 2 is 2.00 bits per heavy atom. The second-order valence-electron chi connectivity index (χ2n) is 4.11. The van der Waals surface area contributed by atoms with Crippen LogP contribution in [-0.4, -0.2) is 5.78 Å². The van der Waals surface area contributed by atoms with Gasteiger partial charge in [0.25, 0.3) is 0 Å². The molecule has 2 nitrogen and oxygen atoms in total. The molecule has 0 amide bonds. The van der Waals surface area contributed by atoms with E-state index in [0.717, 1.165) is 29.8 Å². The van der Waals surface area contributed by atoms with E-state index in [1.54, 1.807) is 0 Å². The molecule has 0 radical (unpaired) electrons. The molecule has 1 aliphatic rings. The van der Waals surface area contributed by atoms with Crippen LogP contribution in [0, 0.1) is 12.3 Å². The van der Waals surface area contributed by atoms with Crippen molar-refractivity contribution in [1.82, 2.24) is 0 Å². The summed E-state index contributed by atoms with van der Waals surface area (Å²) in [6.07, 6.45) is 8.16. The molecule has 1 aromatic carbocycles. The van der Waals surface area contributed by atoms with Crippen molar-refractivity contribution in [2.24, 2.45) is 0 Å². The van der Waals surface area contributed by atoms with E-state index in [4.69, 9.17) is 6.42 Å². The Balaban J connectivity index is 2.25. The van der Waals surface area contributed by atoms with Gasteiger partial charge in [-0.1, -0.05) is 18.2 Å². The number of terminal acetylenes is 1. The number of carbonyl (C=O) groups is 1. The molecular weight excluding hydrogens is 210 g/mol. The fourth-order valence-corrected chi connectivity index (χ4v) is 2.04. The smallest absolute Gasteiger partial charge is 0.161 e. The summed E-state index contributed by atoms with van der Waals surface area (Å²) in [6.45, 7) is 0. The van der Waals surface area contributed by atoms with Crippen LogP contribution in [0.2, 0.25) is 0 Å². The summed E-state index contributed by atoms with van der Waals surface area (Å²) in [5, 5.41) is 3.31. The zero-order valence-electron chi connectivity index (χ0n) is 9.70. The number of para-hydroxylation sites is 1. The minimum atomic E-state index is 0.188. The molecule has 0 fully saturated rings. The van der Waals surface area contributed by atoms with E-state index in [1.165, 1.54) is 0 Å². The summed E-state index contributed by atoms with van der Waals surface area (Å²) < 4.78 is 0. The number of hydrogen-bond donors (Lipinski definition) is 1. The SMILES string of the molecule is C#CCC1=C(Nc2ccccc2)CCCC1=O. The zero-order chi connectivity index (χ0) is 12.1. The fourth-order valence-electron chi connectivity index (χ4n) is 2.04. The molecule has 0 heterocycles. The van der Waals surface area contributed by atoms with Gasteiger partial charge in [0.05, 0.1) is 0 Å². The summed E-state index contributed by atoms with van der Waals surface area (Å²) in [4.78, 5) is 11.8. The van der Waals surface area contributed by atoms with E-state index in [2.05, 4.69) is 11.2 Å². The van der Waals surface area contributed by atoms with Gasteiger partial charge < -0.3 is 5.32 Å². The third kappa shape index (κ3) is 2.76. The van der Waals surface area contributed by atoms with Gasteiger partial charge in [0.15, 0.2) is 5.78 Å². The number of allylic oxidation sites excluding steroid dienone is 2. The molecule has 17 heavy (non-hydrogen) atoms. The van der Waals surface area contributed by atoms with Crippen LogP contribution in [0.1, 0.15) is 25.7 Å². The first-order valence-electron chi connectivity index (χ1n) is 5.82. The molecule has 1 N–H and O–H groups in total. The van der Waals surface area contributed by atoms with Crippen LogP contribution >= 0.6 is 0 Å². The Kier molecular flexibility index (Phi) is 3.62. The Morgan fingerprint density at radius 1 is 1.24 bits per heavy atom. The molecule has 0 unspecified atom stereocenters. The summed E-state index contributed by atoms with van der Waals surface area (Å²) in [5.74, 6) is 2.75. The molecule has 2 heteroatoms. The molecule has 1 aromatic rings. The van der Waals surface area contributed by atoms with E-state index in [0.29, 0.717) is 12.8 Å². The molecule has 86 valence electrons. The first-order chi connectivity index (χ1) is 8.31. The van der Waals surface area contributed by atoms with Gasteiger partial charge in [0.2, 0.25) is 0 Å². The monoisotopic (exact) mass is 225 g/mol. The number of hydrogen-bond acceptors (Lipinski definition) is 2. The molecule has 0 saturated heterocycles. The Labute approximate surface area is 102 Å². The number of benzene rings is 1. The summed E-state index contributed by atoms with van der Waals surface area (Å²) in [7, 11) is 0. The van der Waals surface area contributed by atoms with Crippen molar-refractivity contribution in [2.45, 2.75) is 25.7 Å². The van der Waals surface area contributed by atoms with E-state index >= 15 is 0 Å². The van der Waals surface area contributed by atoms with Crippen LogP contribution in [0.25, 0.3) is 0 Å². The number of Topliss-reactive ketones (excluding diaryl/α,β-unsaturated/α-hetero) is 1. The first-order valence-corrected chi connectivity index (χ1v) is 5.82. The normalized spacial score (nSPS) is 15.6. The quantitative estimate of drug-likeness (QED) is 0.801. The molecule has 0 aromatic heterocycles. The van der Waals surface area contributed by atoms with Gasteiger partial charge in [-0.05, 0) is 25.0 Å². The maximum absolute atomic E-state index is 11.8. The van der Waals surface area contributed by atoms with E-state index in [1.807, 2.05) is 30.3 Å². The fraction of sp³-hybridized carbons (Fsp3) is 0.267. The lowest BCUT2D eigenvalue weighted by atomic mass is 9.93. The molecule has 0 bridgehead atoms. The largest absolute Gasteiger partial charge is 0.359 e. The molecule has 2 rings (SSSR count). The standard InChI is InChI=1S/C15H15NO/c1-2-7-13-14(10-6-11-15(13)17)16-12-8-4-3-5-9-12/h1,3-5,8-9,16H,6-7,10-11H2. The van der Waals surface area contributed by atoms with Gasteiger partial charge in [0.1, 0.15) is 0 Å². The van der Waals surface area contributed by atoms with Crippen LogP contribution in [0.5, 0.6) is 0 Å². The summed E-state index contributed by atoms with van der Waals surface area (Å²) in [6, 6.07) is 9.87. The van der Waals surface area contributed by atoms with E-state index < -0.39 is 0 Å². The topological polar surface area (TPSA) is 29.1 Å². The molecular formula is C15H15NO. The average Bonchev–Trinajstić information content (AvgIpc) is 2.35. The minimum absolute atomic E-state index is 0.188. The van der Waals surface area contributed by atoms with Crippen LogP contribution in [0.3, 0.4) is 0 Å². The van der Waals surface area contributed by atoms with Crippen molar-refractivity contribution in [2.75, 3.05) is 5.32 Å². The van der Waals surface area contributed by atoms with Gasteiger partial charge in [0, 0.05) is 29.8 Å². The highest BCUT2D eigenvalue weighted by Gasteiger charge is 2.19. The van der Waals surface area contributed by atoms with Crippen molar-refractivity contribution >= 4 is 11.5 Å². The van der Waals surface area contributed by atoms with Crippen LogP contribution in [-0.2, 0) is 4.79 Å². The molecule has 0 atom stereocenters. The average molecular weight is 225 g/mol. The summed E-state index contributed by atoms with van der Waals surface area (Å²) >= 11 is 0. The minimum Gasteiger partial charge on any atom is -0.359 e. The predicted molar refractivity (Wildman–Crippen MR) is 69.4 cm³/mol. The number of rotatable bonds is 3. The molecule has 1 aliphatic carbocycles. The Hall–Kier alpha value is -2.01. The van der Waals surface area contributed by atoms with Crippen molar-refractivity contribution in [3.05, 3.63) is 41.6 Å². The lowest BCUT2D eigenvalue weighted by molar-refractivity contribution is -0.116. The van der Waals surface area contributed by atoms with Crippen LogP contribution < -0.4 is 5.32 Å². The maximum Gasteiger partial charge on any atom is 0.161 e. The summed E-state index contributed by atoms with van der Waals surface area (Å²) in [5.41, 5.74) is 2.78. The van der Waals surface area contributed by atoms with E-state index in [9.17, 15) is 4.79 Å². The first kappa shape index (κ1) is 11.5. The van der Waals surface area contributed by atoms with Gasteiger partial charge in [-0.15, -0.1) is 12.3 Å². The van der Waals surface area contributed by atoms with Crippen molar-refractivity contribution < 1.29 is 4.79 Å². The molecule has 0 aliphatic heterocycles. The number of ketones is 1. The Bertz CT molecular complexity index is 479. The third-order valence-electron chi connectivity index (χ3n) is 2.88. The van der Waals surface area contributed by atoms with Crippen LogP contribution in [0.4, 0.5) is 5.69 Å². The Morgan fingerprint density at radius 3 is 2.71 bits per heavy atom. The lowest BCUT2D eigenvalue weighted by Crippen LogP contribution is -2.16. The van der Waals surface area contributed by atoms with E-state index in [-0.39, 0.29) is 5.78 Å². The predicted octanol–water partition coefficient (Wildman–Crippen LogP) is 3.13. The highest BCUT2D eigenvalue weighted by atomic mass is 16.1. The number of carbonyl (C=O) groups excluding carboxylic acids is 1. The van der Waals surface area contributed by atoms with Crippen LogP contribution in [0.15, 0.2) is 41.6 Å².